The van der Waals surface area contributed by atoms with Crippen molar-refractivity contribution >= 4 is 0 Å². The maximum absolute atomic E-state index is 13.6. The molecule has 1 unspecified atom stereocenters. The van der Waals surface area contributed by atoms with Crippen LogP contribution in [0.4, 0.5) is 13.2 Å². The van der Waals surface area contributed by atoms with Crippen molar-refractivity contribution in [2.45, 2.75) is 26.4 Å². The van der Waals surface area contributed by atoms with Crippen molar-refractivity contribution in [3.05, 3.63) is 70.0 Å². The van der Waals surface area contributed by atoms with Gasteiger partial charge in [-0.1, -0.05) is 18.2 Å². The Kier molecular flexibility index (Phi) is 4.14. The number of hydrogen-bond donors (Lipinski definition) is 1. The zero-order valence-electron chi connectivity index (χ0n) is 11.3. The summed E-state index contributed by atoms with van der Waals surface area (Å²) in [5.74, 6) is -3.37. The average molecular weight is 280 g/mol. The van der Waals surface area contributed by atoms with E-state index >= 15 is 0 Å². The number of rotatable bonds is 3. The van der Waals surface area contributed by atoms with Gasteiger partial charge in [0.1, 0.15) is 5.82 Å². The smallest absolute Gasteiger partial charge is 0.161 e. The third-order valence-electron chi connectivity index (χ3n) is 3.44. The Morgan fingerprint density at radius 1 is 0.950 bits per heavy atom. The van der Waals surface area contributed by atoms with E-state index in [0.29, 0.717) is 12.1 Å². The molecule has 0 aliphatic carbocycles. The minimum Gasteiger partial charge on any atom is -0.388 e. The Balaban J connectivity index is 2.33. The highest BCUT2D eigenvalue weighted by molar-refractivity contribution is 5.35. The molecule has 0 aromatic heterocycles. The van der Waals surface area contributed by atoms with Crippen LogP contribution in [0.15, 0.2) is 30.3 Å². The van der Waals surface area contributed by atoms with Crippen molar-refractivity contribution in [2.75, 3.05) is 0 Å². The van der Waals surface area contributed by atoms with Gasteiger partial charge in [0.2, 0.25) is 0 Å². The predicted molar refractivity (Wildman–Crippen MR) is 70.9 cm³/mol. The number of benzene rings is 2. The van der Waals surface area contributed by atoms with Gasteiger partial charge in [0.05, 0.1) is 6.10 Å². The van der Waals surface area contributed by atoms with Gasteiger partial charge in [-0.25, -0.2) is 13.2 Å². The molecule has 0 saturated carbocycles. The second-order valence-corrected chi connectivity index (χ2v) is 4.88. The molecule has 0 spiro atoms. The van der Waals surface area contributed by atoms with Crippen LogP contribution < -0.4 is 0 Å². The van der Waals surface area contributed by atoms with Crippen LogP contribution in [0.1, 0.15) is 28.4 Å². The van der Waals surface area contributed by atoms with E-state index in [2.05, 4.69) is 0 Å². The molecule has 0 fully saturated rings. The minimum atomic E-state index is -1.26. The summed E-state index contributed by atoms with van der Waals surface area (Å²) < 4.78 is 39.7. The fraction of sp³-hybridized carbons (Fsp3) is 0.250. The predicted octanol–water partition coefficient (Wildman–Crippen LogP) is 4.00. The lowest BCUT2D eigenvalue weighted by molar-refractivity contribution is 0.172. The number of aliphatic hydroxyl groups is 1. The molecule has 0 saturated heterocycles. The standard InChI is InChI=1S/C16H15F3O/c1-9-4-3-5-10(2)11(9)7-16(20)12-6-14(18)15(19)8-13(12)17/h3-6,8,16,20H,7H2,1-2H3. The monoisotopic (exact) mass is 280 g/mol. The molecule has 0 aliphatic heterocycles. The van der Waals surface area contributed by atoms with Crippen LogP contribution in [0.5, 0.6) is 0 Å². The molecule has 0 heterocycles. The molecular weight excluding hydrogens is 265 g/mol. The minimum absolute atomic E-state index is 0.153. The summed E-state index contributed by atoms with van der Waals surface area (Å²) in [6.45, 7) is 3.77. The number of halogens is 3. The lowest BCUT2D eigenvalue weighted by Crippen LogP contribution is -2.08. The maximum Gasteiger partial charge on any atom is 0.161 e. The SMILES string of the molecule is Cc1cccc(C)c1CC(O)c1cc(F)c(F)cc1F. The topological polar surface area (TPSA) is 20.2 Å². The third kappa shape index (κ3) is 2.85. The summed E-state index contributed by atoms with van der Waals surface area (Å²) in [7, 11) is 0. The van der Waals surface area contributed by atoms with Gasteiger partial charge >= 0.3 is 0 Å². The highest BCUT2D eigenvalue weighted by atomic mass is 19.2. The van der Waals surface area contributed by atoms with Gasteiger partial charge in [-0.05, 0) is 36.6 Å². The molecule has 0 amide bonds. The molecule has 2 aromatic rings. The first-order valence-electron chi connectivity index (χ1n) is 6.27. The molecule has 2 rings (SSSR count). The molecular formula is C16H15F3O. The van der Waals surface area contributed by atoms with Crippen molar-refractivity contribution in [1.29, 1.82) is 0 Å². The van der Waals surface area contributed by atoms with Crippen molar-refractivity contribution in [3.63, 3.8) is 0 Å². The Morgan fingerprint density at radius 2 is 1.50 bits per heavy atom. The lowest BCUT2D eigenvalue weighted by atomic mass is 9.94. The number of hydrogen-bond acceptors (Lipinski definition) is 1. The van der Waals surface area contributed by atoms with Gasteiger partial charge in [0, 0.05) is 18.1 Å². The first-order chi connectivity index (χ1) is 9.40. The zero-order valence-corrected chi connectivity index (χ0v) is 11.3. The quantitative estimate of drug-likeness (QED) is 0.843. The van der Waals surface area contributed by atoms with Crippen LogP contribution in [-0.4, -0.2) is 5.11 Å². The number of aliphatic hydroxyl groups excluding tert-OH is 1. The average Bonchev–Trinajstić information content (AvgIpc) is 2.38. The third-order valence-corrected chi connectivity index (χ3v) is 3.44. The highest BCUT2D eigenvalue weighted by Gasteiger charge is 2.18. The van der Waals surface area contributed by atoms with Gasteiger partial charge in [-0.3, -0.25) is 0 Å². The van der Waals surface area contributed by atoms with E-state index in [1.54, 1.807) is 0 Å². The summed E-state index contributed by atoms with van der Waals surface area (Å²) in [5, 5.41) is 10.1. The summed E-state index contributed by atoms with van der Waals surface area (Å²) in [6, 6.07) is 6.83. The fourth-order valence-corrected chi connectivity index (χ4v) is 2.27. The summed E-state index contributed by atoms with van der Waals surface area (Å²) >= 11 is 0. The number of aryl methyl sites for hydroxylation is 2. The van der Waals surface area contributed by atoms with E-state index in [1.165, 1.54) is 0 Å². The second kappa shape index (κ2) is 5.67. The van der Waals surface area contributed by atoms with Crippen molar-refractivity contribution < 1.29 is 18.3 Å². The Labute approximate surface area is 115 Å². The van der Waals surface area contributed by atoms with E-state index in [0.717, 1.165) is 16.7 Å². The van der Waals surface area contributed by atoms with Crippen LogP contribution in [0, 0.1) is 31.3 Å². The van der Waals surface area contributed by atoms with E-state index in [4.69, 9.17) is 0 Å². The molecule has 1 atom stereocenters. The second-order valence-electron chi connectivity index (χ2n) is 4.88. The Bertz CT molecular complexity index is 618. The van der Waals surface area contributed by atoms with E-state index in [1.807, 2.05) is 32.0 Å². The molecule has 1 N–H and O–H groups in total. The highest BCUT2D eigenvalue weighted by Crippen LogP contribution is 2.26. The van der Waals surface area contributed by atoms with Gasteiger partial charge < -0.3 is 5.11 Å². The Morgan fingerprint density at radius 3 is 2.10 bits per heavy atom. The van der Waals surface area contributed by atoms with Crippen LogP contribution in [-0.2, 0) is 6.42 Å². The molecule has 106 valence electrons. The van der Waals surface area contributed by atoms with E-state index < -0.39 is 23.6 Å². The van der Waals surface area contributed by atoms with E-state index in [9.17, 15) is 18.3 Å². The van der Waals surface area contributed by atoms with Crippen LogP contribution in [0.25, 0.3) is 0 Å². The van der Waals surface area contributed by atoms with Crippen LogP contribution in [0.2, 0.25) is 0 Å². The van der Waals surface area contributed by atoms with Gasteiger partial charge in [0.25, 0.3) is 0 Å². The summed E-state index contributed by atoms with van der Waals surface area (Å²) in [4.78, 5) is 0. The molecule has 20 heavy (non-hydrogen) atoms. The molecule has 0 aliphatic rings. The first-order valence-corrected chi connectivity index (χ1v) is 6.27. The molecule has 1 nitrogen and oxygen atoms in total. The normalized spacial score (nSPS) is 12.5. The van der Waals surface area contributed by atoms with Gasteiger partial charge in [0.15, 0.2) is 11.6 Å². The molecule has 4 heteroatoms. The van der Waals surface area contributed by atoms with Gasteiger partial charge in [-0.2, -0.15) is 0 Å². The van der Waals surface area contributed by atoms with Gasteiger partial charge in [-0.15, -0.1) is 0 Å². The molecule has 2 aromatic carbocycles. The van der Waals surface area contributed by atoms with E-state index in [-0.39, 0.29) is 12.0 Å². The zero-order chi connectivity index (χ0) is 14.9. The first kappa shape index (κ1) is 14.6. The Hall–Kier alpha value is -1.81. The maximum atomic E-state index is 13.6. The largest absolute Gasteiger partial charge is 0.388 e. The summed E-state index contributed by atoms with van der Waals surface area (Å²) in [6.07, 6.45) is -1.06. The van der Waals surface area contributed by atoms with Crippen LogP contribution >= 0.6 is 0 Å². The van der Waals surface area contributed by atoms with Crippen LogP contribution in [0.3, 0.4) is 0 Å². The molecule has 0 bridgehead atoms. The van der Waals surface area contributed by atoms with Crippen molar-refractivity contribution in [1.82, 2.24) is 0 Å². The molecule has 0 radical (unpaired) electrons. The lowest BCUT2D eigenvalue weighted by Gasteiger charge is -2.16. The summed E-state index contributed by atoms with van der Waals surface area (Å²) in [5.41, 5.74) is 2.58. The van der Waals surface area contributed by atoms with Crippen molar-refractivity contribution in [3.8, 4) is 0 Å². The van der Waals surface area contributed by atoms with Crippen molar-refractivity contribution in [2.24, 2.45) is 0 Å². The fourth-order valence-electron chi connectivity index (χ4n) is 2.27.